The number of sulfonamides is 1. The average molecular weight is 545 g/mol. The van der Waals surface area contributed by atoms with Crippen LogP contribution in [0.15, 0.2) is 42.5 Å². The number of para-hydroxylation sites is 2. The van der Waals surface area contributed by atoms with Crippen LogP contribution < -0.4 is 14.4 Å². The SMILES string of the molecule is CC[C@@H](C)NC(=O)[C@@H](C)N(Cc1ccc(Cl)cc1Cl)C(=O)CN(c1ccccc1OC)S(C)(=O)=O. The fraction of sp³-hybridized carbons (Fsp3) is 0.417. The molecular weight excluding hydrogens is 513 g/mol. The molecule has 0 saturated heterocycles. The molecular formula is C24H31Cl2N3O5S. The minimum atomic E-state index is -3.87. The Hall–Kier alpha value is -2.49. The number of benzene rings is 2. The van der Waals surface area contributed by atoms with E-state index in [0.29, 0.717) is 27.8 Å². The van der Waals surface area contributed by atoms with Crippen LogP contribution in [0.1, 0.15) is 32.8 Å². The summed E-state index contributed by atoms with van der Waals surface area (Å²) in [5, 5.41) is 3.63. The van der Waals surface area contributed by atoms with Gasteiger partial charge in [-0.1, -0.05) is 48.3 Å². The highest BCUT2D eigenvalue weighted by Crippen LogP contribution is 2.30. The molecule has 1 N–H and O–H groups in total. The number of nitrogens with one attached hydrogen (secondary N) is 1. The number of rotatable bonds is 11. The standard InChI is InChI=1S/C24H31Cl2N3O5S/c1-6-16(2)27-24(31)17(3)28(14-18-11-12-19(25)13-20(18)26)23(30)15-29(35(5,32)33)21-9-7-8-10-22(21)34-4/h7-13,16-17H,6,14-15H2,1-5H3,(H,27,31)/t16-,17-/m1/s1. The van der Waals surface area contributed by atoms with Gasteiger partial charge in [0.05, 0.1) is 19.1 Å². The van der Waals surface area contributed by atoms with Crippen LogP contribution in [0, 0.1) is 0 Å². The Balaban J connectivity index is 2.46. The van der Waals surface area contributed by atoms with Gasteiger partial charge < -0.3 is 15.0 Å². The van der Waals surface area contributed by atoms with E-state index in [9.17, 15) is 18.0 Å². The van der Waals surface area contributed by atoms with Gasteiger partial charge in [0.2, 0.25) is 21.8 Å². The Morgan fingerprint density at radius 3 is 2.34 bits per heavy atom. The maximum absolute atomic E-state index is 13.6. The number of methoxy groups -OCH3 is 1. The molecule has 0 saturated carbocycles. The number of carbonyl (C=O) groups is 2. The monoisotopic (exact) mass is 543 g/mol. The second-order valence-corrected chi connectivity index (χ2v) is 10.9. The van der Waals surface area contributed by atoms with Crippen molar-refractivity contribution in [2.45, 2.75) is 45.8 Å². The summed E-state index contributed by atoms with van der Waals surface area (Å²) in [6.45, 7) is 4.83. The highest BCUT2D eigenvalue weighted by molar-refractivity contribution is 7.92. The minimum absolute atomic E-state index is 0.0204. The Morgan fingerprint density at radius 2 is 1.77 bits per heavy atom. The van der Waals surface area contributed by atoms with Crippen LogP contribution in [0.2, 0.25) is 10.0 Å². The van der Waals surface area contributed by atoms with Crippen LogP contribution in [0.5, 0.6) is 5.75 Å². The number of halogens is 2. The van der Waals surface area contributed by atoms with Crippen LogP contribution in [-0.2, 0) is 26.2 Å². The van der Waals surface area contributed by atoms with Crippen LogP contribution in [-0.4, -0.2) is 57.1 Å². The highest BCUT2D eigenvalue weighted by atomic mass is 35.5. The van der Waals surface area contributed by atoms with E-state index in [2.05, 4.69) is 5.32 Å². The third-order valence-corrected chi connectivity index (χ3v) is 7.27. The Bertz CT molecular complexity index is 1160. The summed E-state index contributed by atoms with van der Waals surface area (Å²) in [7, 11) is -2.46. The van der Waals surface area contributed by atoms with Gasteiger partial charge in [0.25, 0.3) is 0 Å². The molecule has 2 rings (SSSR count). The number of hydrogen-bond donors (Lipinski definition) is 1. The van der Waals surface area contributed by atoms with Crippen molar-refractivity contribution in [1.82, 2.24) is 10.2 Å². The Labute approximate surface area is 217 Å². The molecule has 2 aromatic carbocycles. The van der Waals surface area contributed by atoms with E-state index in [0.717, 1.165) is 10.6 Å². The first-order chi connectivity index (χ1) is 16.4. The normalized spacial score (nSPS) is 13.0. The van der Waals surface area contributed by atoms with E-state index < -0.39 is 28.5 Å². The van der Waals surface area contributed by atoms with E-state index in [4.69, 9.17) is 27.9 Å². The minimum Gasteiger partial charge on any atom is -0.495 e. The van der Waals surface area contributed by atoms with Crippen molar-refractivity contribution >= 4 is 50.7 Å². The molecule has 0 heterocycles. The maximum atomic E-state index is 13.6. The first kappa shape index (κ1) is 28.7. The summed E-state index contributed by atoms with van der Waals surface area (Å²) in [5.41, 5.74) is 0.780. The second-order valence-electron chi connectivity index (χ2n) is 8.19. The summed E-state index contributed by atoms with van der Waals surface area (Å²) in [4.78, 5) is 27.8. The molecule has 11 heteroatoms. The first-order valence-electron chi connectivity index (χ1n) is 11.0. The van der Waals surface area contributed by atoms with Crippen LogP contribution >= 0.6 is 23.2 Å². The zero-order valence-electron chi connectivity index (χ0n) is 20.4. The third kappa shape index (κ3) is 7.75. The molecule has 0 fully saturated rings. The Kier molecular flexibility index (Phi) is 10.2. The molecule has 2 amide bonds. The van der Waals surface area contributed by atoms with Gasteiger partial charge in [-0.15, -0.1) is 0 Å². The summed E-state index contributed by atoms with van der Waals surface area (Å²) >= 11 is 12.3. The van der Waals surface area contributed by atoms with E-state index in [-0.39, 0.29) is 24.2 Å². The lowest BCUT2D eigenvalue weighted by Gasteiger charge is -2.32. The largest absolute Gasteiger partial charge is 0.495 e. The molecule has 0 aliphatic rings. The number of amides is 2. The molecule has 0 spiro atoms. The zero-order chi connectivity index (χ0) is 26.3. The molecule has 0 bridgehead atoms. The van der Waals surface area contributed by atoms with Crippen molar-refractivity contribution in [3.63, 3.8) is 0 Å². The van der Waals surface area contributed by atoms with Gasteiger partial charge >= 0.3 is 0 Å². The number of ether oxygens (including phenoxy) is 1. The van der Waals surface area contributed by atoms with Gasteiger partial charge in [0.15, 0.2) is 0 Å². The lowest BCUT2D eigenvalue weighted by molar-refractivity contribution is -0.139. The van der Waals surface area contributed by atoms with Crippen molar-refractivity contribution < 1.29 is 22.7 Å². The van der Waals surface area contributed by atoms with Gasteiger partial charge in [0.1, 0.15) is 18.3 Å². The van der Waals surface area contributed by atoms with Gasteiger partial charge in [-0.2, -0.15) is 0 Å². The van der Waals surface area contributed by atoms with Gasteiger partial charge in [-0.3, -0.25) is 13.9 Å². The first-order valence-corrected chi connectivity index (χ1v) is 13.6. The smallest absolute Gasteiger partial charge is 0.244 e. The van der Waals surface area contributed by atoms with E-state index >= 15 is 0 Å². The van der Waals surface area contributed by atoms with Crippen molar-refractivity contribution in [2.24, 2.45) is 0 Å². The fourth-order valence-electron chi connectivity index (χ4n) is 3.31. The van der Waals surface area contributed by atoms with Crippen LogP contribution in [0.4, 0.5) is 5.69 Å². The lowest BCUT2D eigenvalue weighted by Crippen LogP contribution is -2.52. The predicted molar refractivity (Wildman–Crippen MR) is 140 cm³/mol. The molecule has 192 valence electrons. The summed E-state index contributed by atoms with van der Waals surface area (Å²) in [6, 6.07) is 10.3. The van der Waals surface area contributed by atoms with Crippen molar-refractivity contribution in [3.8, 4) is 5.75 Å². The Morgan fingerprint density at radius 1 is 1.11 bits per heavy atom. The second kappa shape index (κ2) is 12.5. The molecule has 0 radical (unpaired) electrons. The predicted octanol–water partition coefficient (Wildman–Crippen LogP) is 4.10. The average Bonchev–Trinajstić information content (AvgIpc) is 2.80. The molecule has 0 aromatic heterocycles. The number of nitrogens with zero attached hydrogens (tertiary/aromatic N) is 2. The maximum Gasteiger partial charge on any atom is 0.244 e. The summed E-state index contributed by atoms with van der Waals surface area (Å²) < 4.78 is 31.6. The van der Waals surface area contributed by atoms with Crippen molar-refractivity contribution in [1.29, 1.82) is 0 Å². The number of hydrogen-bond acceptors (Lipinski definition) is 5. The van der Waals surface area contributed by atoms with Crippen LogP contribution in [0.3, 0.4) is 0 Å². The van der Waals surface area contributed by atoms with E-state index in [1.807, 2.05) is 13.8 Å². The lowest BCUT2D eigenvalue weighted by atomic mass is 10.1. The molecule has 2 aromatic rings. The molecule has 8 nitrogen and oxygen atoms in total. The highest BCUT2D eigenvalue weighted by Gasteiger charge is 2.31. The summed E-state index contributed by atoms with van der Waals surface area (Å²) in [5.74, 6) is -0.652. The topological polar surface area (TPSA) is 96.0 Å². The van der Waals surface area contributed by atoms with Gasteiger partial charge in [0, 0.05) is 22.6 Å². The van der Waals surface area contributed by atoms with Crippen molar-refractivity contribution in [3.05, 3.63) is 58.1 Å². The molecule has 0 aliphatic heterocycles. The van der Waals surface area contributed by atoms with Gasteiger partial charge in [-0.25, -0.2) is 8.42 Å². The quantitative estimate of drug-likeness (QED) is 0.460. The molecule has 0 unspecified atom stereocenters. The van der Waals surface area contributed by atoms with E-state index in [1.165, 1.54) is 12.0 Å². The van der Waals surface area contributed by atoms with Crippen molar-refractivity contribution in [2.75, 3.05) is 24.2 Å². The third-order valence-electron chi connectivity index (χ3n) is 5.56. The van der Waals surface area contributed by atoms with E-state index in [1.54, 1.807) is 49.4 Å². The molecule has 35 heavy (non-hydrogen) atoms. The number of anilines is 1. The number of carbonyl (C=O) groups excluding carboxylic acids is 2. The molecule has 0 aliphatic carbocycles. The fourth-order valence-corrected chi connectivity index (χ4v) is 4.63. The van der Waals surface area contributed by atoms with Gasteiger partial charge in [-0.05, 0) is 50.1 Å². The van der Waals surface area contributed by atoms with Crippen LogP contribution in [0.25, 0.3) is 0 Å². The molecule has 2 atom stereocenters. The summed E-state index contributed by atoms with van der Waals surface area (Å²) in [6.07, 6.45) is 1.72. The zero-order valence-corrected chi connectivity index (χ0v) is 22.7.